The molecule has 1 aliphatic heterocycles. The van der Waals surface area contributed by atoms with Crippen LogP contribution >= 0.6 is 0 Å². The van der Waals surface area contributed by atoms with Crippen LogP contribution in [0.4, 0.5) is 0 Å². The average molecular weight is 392 g/mol. The fraction of sp³-hybridized carbons (Fsp3) is 0.304. The second-order valence-electron chi connectivity index (χ2n) is 7.86. The zero-order valence-corrected chi connectivity index (χ0v) is 16.8. The van der Waals surface area contributed by atoms with Crippen LogP contribution in [-0.2, 0) is 17.6 Å². The summed E-state index contributed by atoms with van der Waals surface area (Å²) in [4.78, 5) is 17.2. The van der Waals surface area contributed by atoms with E-state index in [1.54, 1.807) is 0 Å². The number of carbonyl (C=O) groups excluding carboxylic acids is 1. The molecule has 4 rings (SSSR count). The van der Waals surface area contributed by atoms with E-state index in [0.717, 1.165) is 12.0 Å². The highest BCUT2D eigenvalue weighted by Crippen LogP contribution is 2.36. The molecule has 0 spiro atoms. The van der Waals surface area contributed by atoms with Crippen LogP contribution in [0.15, 0.2) is 52.9 Å². The minimum atomic E-state index is -0.365. The number of nitrogens with zero attached hydrogens (tertiary/aromatic N) is 1. The molecule has 3 aromatic rings. The van der Waals surface area contributed by atoms with Crippen LogP contribution in [0.25, 0.3) is 11.5 Å². The standard InChI is InChI=1S/C23H24N2O4/c1-15-18(12-21(26)25-23(2,3)13-16-7-5-4-6-8-16)24-22(29-15)17-9-10-19-20(11-17)28-14-27-19/h4-11H,12-14H2,1-3H3,(H,25,26). The van der Waals surface area contributed by atoms with Crippen LogP contribution in [0.5, 0.6) is 11.5 Å². The third-order valence-corrected chi connectivity index (χ3v) is 4.81. The Morgan fingerprint density at radius 1 is 1.10 bits per heavy atom. The summed E-state index contributed by atoms with van der Waals surface area (Å²) in [6.07, 6.45) is 0.915. The number of hydrogen-bond donors (Lipinski definition) is 1. The van der Waals surface area contributed by atoms with Gasteiger partial charge in [-0.05, 0) is 51.0 Å². The molecule has 0 radical (unpaired) electrons. The summed E-state index contributed by atoms with van der Waals surface area (Å²) in [5, 5.41) is 3.11. The first-order valence-corrected chi connectivity index (χ1v) is 9.61. The molecule has 2 aromatic carbocycles. The predicted molar refractivity (Wildman–Crippen MR) is 109 cm³/mol. The van der Waals surface area contributed by atoms with Gasteiger partial charge in [0.2, 0.25) is 18.6 Å². The van der Waals surface area contributed by atoms with Crippen LogP contribution < -0.4 is 14.8 Å². The molecule has 0 unspecified atom stereocenters. The van der Waals surface area contributed by atoms with Crippen molar-refractivity contribution in [3.63, 3.8) is 0 Å². The molecular formula is C23H24N2O4. The van der Waals surface area contributed by atoms with Gasteiger partial charge in [0, 0.05) is 11.1 Å². The van der Waals surface area contributed by atoms with Crippen molar-refractivity contribution < 1.29 is 18.7 Å². The molecule has 0 saturated heterocycles. The van der Waals surface area contributed by atoms with Crippen LogP contribution in [0.3, 0.4) is 0 Å². The van der Waals surface area contributed by atoms with Crippen molar-refractivity contribution in [1.82, 2.24) is 10.3 Å². The van der Waals surface area contributed by atoms with E-state index in [1.165, 1.54) is 5.56 Å². The van der Waals surface area contributed by atoms with Crippen LogP contribution in [0.2, 0.25) is 0 Å². The normalized spacial score (nSPS) is 12.8. The minimum absolute atomic E-state index is 0.0837. The Morgan fingerprint density at radius 2 is 1.86 bits per heavy atom. The van der Waals surface area contributed by atoms with E-state index in [4.69, 9.17) is 13.9 Å². The molecule has 1 aliphatic rings. The maximum absolute atomic E-state index is 12.6. The third-order valence-electron chi connectivity index (χ3n) is 4.81. The topological polar surface area (TPSA) is 73.6 Å². The van der Waals surface area contributed by atoms with Gasteiger partial charge in [-0.2, -0.15) is 0 Å². The van der Waals surface area contributed by atoms with Crippen molar-refractivity contribution in [2.24, 2.45) is 0 Å². The van der Waals surface area contributed by atoms with Gasteiger partial charge in [0.25, 0.3) is 0 Å². The molecule has 150 valence electrons. The highest BCUT2D eigenvalue weighted by atomic mass is 16.7. The van der Waals surface area contributed by atoms with Crippen LogP contribution in [-0.4, -0.2) is 23.2 Å². The predicted octanol–water partition coefficient (Wildman–Crippen LogP) is 4.06. The molecule has 2 heterocycles. The van der Waals surface area contributed by atoms with E-state index in [2.05, 4.69) is 22.4 Å². The maximum atomic E-state index is 12.6. The quantitative estimate of drug-likeness (QED) is 0.685. The molecule has 0 bridgehead atoms. The summed E-state index contributed by atoms with van der Waals surface area (Å²) in [5.74, 6) is 2.39. The molecule has 6 heteroatoms. The Hall–Kier alpha value is -3.28. The van der Waals surface area contributed by atoms with Crippen molar-refractivity contribution in [3.05, 3.63) is 65.5 Å². The zero-order chi connectivity index (χ0) is 20.4. The van der Waals surface area contributed by atoms with Gasteiger partial charge in [-0.25, -0.2) is 4.98 Å². The Balaban J connectivity index is 1.43. The zero-order valence-electron chi connectivity index (χ0n) is 16.8. The first-order chi connectivity index (χ1) is 13.9. The first-order valence-electron chi connectivity index (χ1n) is 9.61. The van der Waals surface area contributed by atoms with E-state index in [-0.39, 0.29) is 24.7 Å². The lowest BCUT2D eigenvalue weighted by atomic mass is 9.94. The number of benzene rings is 2. The van der Waals surface area contributed by atoms with Crippen molar-refractivity contribution in [1.29, 1.82) is 0 Å². The van der Waals surface area contributed by atoms with E-state index < -0.39 is 0 Å². The summed E-state index contributed by atoms with van der Waals surface area (Å²) in [6.45, 7) is 6.08. The molecule has 0 fully saturated rings. The third kappa shape index (κ3) is 4.42. The van der Waals surface area contributed by atoms with Gasteiger partial charge in [-0.1, -0.05) is 30.3 Å². The lowest BCUT2D eigenvalue weighted by Crippen LogP contribution is -2.45. The summed E-state index contributed by atoms with van der Waals surface area (Å²) >= 11 is 0. The van der Waals surface area contributed by atoms with Gasteiger partial charge in [-0.15, -0.1) is 0 Å². The molecule has 1 N–H and O–H groups in total. The fourth-order valence-corrected chi connectivity index (χ4v) is 3.47. The van der Waals surface area contributed by atoms with Gasteiger partial charge in [0.05, 0.1) is 12.1 Å². The molecule has 0 saturated carbocycles. The highest BCUT2D eigenvalue weighted by Gasteiger charge is 2.23. The summed E-state index contributed by atoms with van der Waals surface area (Å²) in [5.41, 5.74) is 2.23. The van der Waals surface area contributed by atoms with Gasteiger partial charge >= 0.3 is 0 Å². The van der Waals surface area contributed by atoms with Crippen LogP contribution in [0, 0.1) is 6.92 Å². The number of hydrogen-bond acceptors (Lipinski definition) is 5. The lowest BCUT2D eigenvalue weighted by molar-refractivity contribution is -0.122. The molecule has 1 aromatic heterocycles. The number of oxazole rings is 1. The van der Waals surface area contributed by atoms with Crippen LogP contribution in [0.1, 0.15) is 30.9 Å². The SMILES string of the molecule is Cc1oc(-c2ccc3c(c2)OCO3)nc1CC(=O)NC(C)(C)Cc1ccccc1. The van der Waals surface area contributed by atoms with Crippen molar-refractivity contribution in [2.75, 3.05) is 6.79 Å². The number of aromatic nitrogens is 1. The summed E-state index contributed by atoms with van der Waals surface area (Å²) in [7, 11) is 0. The molecule has 29 heavy (non-hydrogen) atoms. The number of rotatable bonds is 6. The Labute approximate surface area is 169 Å². The number of ether oxygens (including phenoxy) is 2. The van der Waals surface area contributed by atoms with E-state index in [0.29, 0.717) is 28.8 Å². The number of nitrogens with one attached hydrogen (secondary N) is 1. The monoisotopic (exact) mass is 392 g/mol. The van der Waals surface area contributed by atoms with Crippen molar-refractivity contribution in [2.45, 2.75) is 39.2 Å². The van der Waals surface area contributed by atoms with Gasteiger partial charge in [0.1, 0.15) is 5.76 Å². The Kier molecular flexibility index (Phi) is 5.01. The number of fused-ring (bicyclic) bond motifs is 1. The Morgan fingerprint density at radius 3 is 2.66 bits per heavy atom. The van der Waals surface area contributed by atoms with Gasteiger partial charge in [-0.3, -0.25) is 4.79 Å². The average Bonchev–Trinajstić information content (AvgIpc) is 3.27. The fourth-order valence-electron chi connectivity index (χ4n) is 3.47. The lowest BCUT2D eigenvalue weighted by Gasteiger charge is -2.26. The molecule has 6 nitrogen and oxygen atoms in total. The van der Waals surface area contributed by atoms with Gasteiger partial charge < -0.3 is 19.2 Å². The smallest absolute Gasteiger partial charge is 0.231 e. The summed E-state index contributed by atoms with van der Waals surface area (Å²) < 4.78 is 16.5. The highest BCUT2D eigenvalue weighted by molar-refractivity contribution is 5.79. The van der Waals surface area contributed by atoms with Gasteiger partial charge in [0.15, 0.2) is 11.5 Å². The first kappa shape index (κ1) is 19.1. The number of amides is 1. The number of aryl methyl sites for hydroxylation is 1. The molecule has 0 atom stereocenters. The second kappa shape index (κ2) is 7.62. The van der Waals surface area contributed by atoms with E-state index >= 15 is 0 Å². The number of carbonyl (C=O) groups is 1. The maximum Gasteiger partial charge on any atom is 0.231 e. The van der Waals surface area contributed by atoms with Crippen molar-refractivity contribution >= 4 is 5.91 Å². The minimum Gasteiger partial charge on any atom is -0.454 e. The molecule has 0 aliphatic carbocycles. The molecule has 1 amide bonds. The second-order valence-corrected chi connectivity index (χ2v) is 7.86. The molecular weight excluding hydrogens is 368 g/mol. The largest absolute Gasteiger partial charge is 0.454 e. The van der Waals surface area contributed by atoms with Crippen molar-refractivity contribution in [3.8, 4) is 23.0 Å². The summed E-state index contributed by atoms with van der Waals surface area (Å²) in [6, 6.07) is 15.6. The van der Waals surface area contributed by atoms with E-state index in [1.807, 2.05) is 57.2 Å². The Bertz CT molecular complexity index is 1020. The van der Waals surface area contributed by atoms with E-state index in [9.17, 15) is 4.79 Å².